The summed E-state index contributed by atoms with van der Waals surface area (Å²) in [5.74, 6) is 5.22. The van der Waals surface area contributed by atoms with E-state index < -0.39 is 6.09 Å². The first kappa shape index (κ1) is 18.0. The maximum Gasteiger partial charge on any atom is 0.418 e. The van der Waals surface area contributed by atoms with Gasteiger partial charge in [-0.15, -0.1) is 0 Å². The molecule has 0 saturated heterocycles. The number of imidazole rings is 1. The van der Waals surface area contributed by atoms with E-state index in [-0.39, 0.29) is 0 Å². The first-order valence-corrected chi connectivity index (χ1v) is 5.81. The third-order valence-corrected chi connectivity index (χ3v) is 1.81. The lowest BCUT2D eigenvalue weighted by Gasteiger charge is -1.96. The molecule has 0 aromatic carbocycles. The number of carboxylic acid groups (broad SMARTS) is 1. The SMILES string of the molecule is C/C=C/C=O.NNC(=O)O.c1ccc(-n2ccnc2)nc1. The zero-order valence-corrected chi connectivity index (χ0v) is 11.5. The van der Waals surface area contributed by atoms with Crippen molar-refractivity contribution in [1.82, 2.24) is 20.0 Å². The minimum Gasteiger partial charge on any atom is -0.464 e. The van der Waals surface area contributed by atoms with Gasteiger partial charge in [0, 0.05) is 18.6 Å². The highest BCUT2D eigenvalue weighted by Crippen LogP contribution is 1.99. The summed E-state index contributed by atoms with van der Waals surface area (Å²) in [6.07, 6.45) is 9.74. The molecule has 21 heavy (non-hydrogen) atoms. The van der Waals surface area contributed by atoms with Crippen LogP contribution in [0.3, 0.4) is 0 Å². The van der Waals surface area contributed by atoms with Crippen molar-refractivity contribution in [2.45, 2.75) is 6.92 Å². The van der Waals surface area contributed by atoms with Crippen molar-refractivity contribution < 1.29 is 14.7 Å². The van der Waals surface area contributed by atoms with Crippen molar-refractivity contribution in [3.05, 3.63) is 55.3 Å². The minimum absolute atomic E-state index is 0.750. The number of hydrogen-bond acceptors (Lipinski definition) is 5. The number of rotatable bonds is 2. The molecule has 0 unspecified atom stereocenters. The van der Waals surface area contributed by atoms with Crippen LogP contribution in [0.2, 0.25) is 0 Å². The quantitative estimate of drug-likeness (QED) is 0.251. The Morgan fingerprint density at radius 3 is 2.48 bits per heavy atom. The van der Waals surface area contributed by atoms with Gasteiger partial charge in [-0.25, -0.2) is 20.6 Å². The van der Waals surface area contributed by atoms with Gasteiger partial charge >= 0.3 is 6.09 Å². The van der Waals surface area contributed by atoms with Crippen LogP contribution in [0.25, 0.3) is 5.82 Å². The van der Waals surface area contributed by atoms with Gasteiger partial charge in [0.05, 0.1) is 0 Å². The number of allylic oxidation sites excluding steroid dienone is 2. The Kier molecular flexibility index (Phi) is 10.3. The number of hydrazine groups is 1. The molecule has 0 atom stereocenters. The van der Waals surface area contributed by atoms with E-state index in [0.717, 1.165) is 12.1 Å². The van der Waals surface area contributed by atoms with Crippen LogP contribution in [0.4, 0.5) is 4.79 Å². The zero-order chi connectivity index (χ0) is 15.9. The maximum atomic E-state index is 9.32. The van der Waals surface area contributed by atoms with Crippen molar-refractivity contribution in [1.29, 1.82) is 0 Å². The topological polar surface area (TPSA) is 123 Å². The molecule has 0 bridgehead atoms. The van der Waals surface area contributed by atoms with E-state index in [1.165, 1.54) is 11.5 Å². The molecular formula is C13H17N5O3. The molecule has 2 heterocycles. The lowest BCUT2D eigenvalue weighted by atomic mass is 10.5. The Balaban J connectivity index is 0.000000340. The van der Waals surface area contributed by atoms with Crippen molar-refractivity contribution in [3.8, 4) is 5.82 Å². The van der Waals surface area contributed by atoms with Crippen molar-refractivity contribution in [3.63, 3.8) is 0 Å². The maximum absolute atomic E-state index is 9.32. The Bertz CT molecular complexity index is 526. The van der Waals surface area contributed by atoms with Crippen LogP contribution >= 0.6 is 0 Å². The largest absolute Gasteiger partial charge is 0.464 e. The second-order valence-corrected chi connectivity index (χ2v) is 3.27. The van der Waals surface area contributed by atoms with E-state index in [1.54, 1.807) is 31.7 Å². The first-order valence-electron chi connectivity index (χ1n) is 5.81. The lowest BCUT2D eigenvalue weighted by Crippen LogP contribution is -2.27. The number of nitrogens with zero attached hydrogens (tertiary/aromatic N) is 3. The monoisotopic (exact) mass is 291 g/mol. The second-order valence-electron chi connectivity index (χ2n) is 3.27. The van der Waals surface area contributed by atoms with Crippen LogP contribution in [-0.2, 0) is 4.79 Å². The summed E-state index contributed by atoms with van der Waals surface area (Å²) in [5, 5.41) is 7.49. The Morgan fingerprint density at radius 2 is 2.14 bits per heavy atom. The van der Waals surface area contributed by atoms with Gasteiger partial charge in [0.2, 0.25) is 0 Å². The molecule has 0 saturated carbocycles. The summed E-state index contributed by atoms with van der Waals surface area (Å²) in [6, 6.07) is 5.77. The predicted octanol–water partition coefficient (Wildman–Crippen LogP) is 1.16. The third-order valence-electron chi connectivity index (χ3n) is 1.81. The van der Waals surface area contributed by atoms with Crippen LogP contribution in [-0.4, -0.2) is 32.0 Å². The molecule has 2 rings (SSSR count). The number of hydrogen-bond donors (Lipinski definition) is 3. The number of nitrogens with one attached hydrogen (secondary N) is 1. The fraction of sp³-hybridized carbons (Fsp3) is 0.0769. The summed E-state index contributed by atoms with van der Waals surface area (Å²) in [6.45, 7) is 1.80. The normalized spacial score (nSPS) is 8.86. The summed E-state index contributed by atoms with van der Waals surface area (Å²) in [5.41, 5.74) is 1.44. The Hall–Kier alpha value is -3.00. The van der Waals surface area contributed by atoms with Crippen LogP contribution in [0.15, 0.2) is 55.3 Å². The lowest BCUT2D eigenvalue weighted by molar-refractivity contribution is -0.104. The molecule has 2 aromatic heterocycles. The Labute approximate surface area is 121 Å². The van der Waals surface area contributed by atoms with E-state index in [1.807, 2.05) is 29.0 Å². The van der Waals surface area contributed by atoms with Gasteiger partial charge in [0.15, 0.2) is 0 Å². The Morgan fingerprint density at radius 1 is 1.43 bits per heavy atom. The summed E-state index contributed by atoms with van der Waals surface area (Å²) in [4.78, 5) is 26.5. The third kappa shape index (κ3) is 9.56. The molecule has 0 aliphatic carbocycles. The number of nitrogens with two attached hydrogens (primary N) is 1. The average Bonchev–Trinajstić information content (AvgIpc) is 3.04. The minimum atomic E-state index is -1.22. The molecular weight excluding hydrogens is 274 g/mol. The van der Waals surface area contributed by atoms with Gasteiger partial charge in [-0.2, -0.15) is 0 Å². The summed E-state index contributed by atoms with van der Waals surface area (Å²) >= 11 is 0. The number of carbonyl (C=O) groups excluding carboxylic acids is 1. The van der Waals surface area contributed by atoms with Crippen LogP contribution in [0.1, 0.15) is 6.92 Å². The molecule has 2 aromatic rings. The number of aromatic nitrogens is 3. The van der Waals surface area contributed by atoms with E-state index in [0.29, 0.717) is 0 Å². The molecule has 0 aliphatic rings. The molecule has 112 valence electrons. The fourth-order valence-electron chi connectivity index (χ4n) is 0.980. The highest BCUT2D eigenvalue weighted by Gasteiger charge is 1.91. The fourth-order valence-corrected chi connectivity index (χ4v) is 0.980. The van der Waals surface area contributed by atoms with Crippen LogP contribution in [0, 0.1) is 0 Å². The average molecular weight is 291 g/mol. The van der Waals surface area contributed by atoms with Gasteiger partial charge in [-0.05, 0) is 25.1 Å². The van der Waals surface area contributed by atoms with E-state index in [9.17, 15) is 4.79 Å². The van der Waals surface area contributed by atoms with Crippen molar-refractivity contribution in [2.75, 3.05) is 0 Å². The number of aldehydes is 1. The number of pyridine rings is 1. The summed E-state index contributed by atoms with van der Waals surface area (Å²) < 4.78 is 1.86. The van der Waals surface area contributed by atoms with Crippen LogP contribution in [0.5, 0.6) is 0 Å². The number of amides is 1. The highest BCUT2D eigenvalue weighted by atomic mass is 16.4. The van der Waals surface area contributed by atoms with Gasteiger partial charge in [0.1, 0.15) is 18.4 Å². The van der Waals surface area contributed by atoms with Gasteiger partial charge in [-0.1, -0.05) is 12.1 Å². The zero-order valence-electron chi connectivity index (χ0n) is 11.5. The standard InChI is InChI=1S/C8H7N3.C4H6O.CH4N2O2/c1-2-4-10-8(3-1)11-6-5-9-7-11;1-2-3-4-5;2-3-1(4)5/h1-7H;2-4H,1H3;3H,2H2,(H,4,5)/b;3-2+;. The van der Waals surface area contributed by atoms with Gasteiger partial charge < -0.3 is 5.11 Å². The van der Waals surface area contributed by atoms with E-state index in [4.69, 9.17) is 9.90 Å². The van der Waals surface area contributed by atoms with Gasteiger partial charge in [0.25, 0.3) is 0 Å². The number of carbonyl (C=O) groups is 2. The first-order chi connectivity index (χ1) is 10.2. The predicted molar refractivity (Wildman–Crippen MR) is 77.6 cm³/mol. The summed E-state index contributed by atoms with van der Waals surface area (Å²) in [7, 11) is 0. The second kappa shape index (κ2) is 12.1. The molecule has 0 aliphatic heterocycles. The molecule has 0 radical (unpaired) electrons. The van der Waals surface area contributed by atoms with E-state index >= 15 is 0 Å². The highest BCUT2D eigenvalue weighted by molar-refractivity contribution is 5.64. The molecule has 8 heteroatoms. The van der Waals surface area contributed by atoms with Gasteiger partial charge in [-0.3, -0.25) is 14.8 Å². The molecule has 4 N–H and O–H groups in total. The molecule has 8 nitrogen and oxygen atoms in total. The van der Waals surface area contributed by atoms with E-state index in [2.05, 4.69) is 15.8 Å². The van der Waals surface area contributed by atoms with Crippen molar-refractivity contribution in [2.24, 2.45) is 5.84 Å². The van der Waals surface area contributed by atoms with Crippen LogP contribution < -0.4 is 11.3 Å². The smallest absolute Gasteiger partial charge is 0.418 e. The molecule has 0 fully saturated rings. The molecule has 1 amide bonds. The van der Waals surface area contributed by atoms with Crippen molar-refractivity contribution >= 4 is 12.4 Å². The molecule has 0 spiro atoms.